The number of aromatic nitrogens is 1. The van der Waals surface area contributed by atoms with Gasteiger partial charge in [-0.3, -0.25) is 4.90 Å². The Morgan fingerprint density at radius 2 is 1.94 bits per heavy atom. The van der Waals surface area contributed by atoms with Crippen molar-refractivity contribution in [3.63, 3.8) is 0 Å². The Morgan fingerprint density at radius 1 is 1.31 bits per heavy atom. The van der Waals surface area contributed by atoms with Crippen LogP contribution in [0.25, 0.3) is 0 Å². The average molecular weight is 273 g/mol. The zero-order valence-electron chi connectivity index (χ0n) is 8.35. The number of halogens is 5. The van der Waals surface area contributed by atoms with Gasteiger partial charge in [0.15, 0.2) is 0 Å². The van der Waals surface area contributed by atoms with Crippen LogP contribution in [0.1, 0.15) is 5.69 Å². The van der Waals surface area contributed by atoms with E-state index in [1.165, 1.54) is 19.2 Å². The molecule has 0 bridgehead atoms. The van der Waals surface area contributed by atoms with Crippen LogP contribution >= 0.6 is 23.2 Å². The summed E-state index contributed by atoms with van der Waals surface area (Å²) in [5.41, 5.74) is 0.334. The second-order valence-corrected chi connectivity index (χ2v) is 4.14. The predicted octanol–water partition coefficient (Wildman–Crippen LogP) is 3.38. The third kappa shape index (κ3) is 4.55. The molecule has 0 spiro atoms. The van der Waals surface area contributed by atoms with Gasteiger partial charge in [-0.2, -0.15) is 13.2 Å². The fourth-order valence-corrected chi connectivity index (χ4v) is 1.52. The lowest BCUT2D eigenvalue weighted by Crippen LogP contribution is -2.30. The maximum atomic E-state index is 12.1. The fourth-order valence-electron chi connectivity index (χ4n) is 1.19. The first-order valence-corrected chi connectivity index (χ1v) is 5.10. The van der Waals surface area contributed by atoms with E-state index in [9.17, 15) is 13.2 Å². The molecule has 90 valence electrons. The Hall–Kier alpha value is -0.520. The SMILES string of the molecule is CN(Cc1nc(Cl)ccc1Cl)CC(F)(F)F. The smallest absolute Gasteiger partial charge is 0.292 e. The van der Waals surface area contributed by atoms with Crippen molar-refractivity contribution >= 4 is 23.2 Å². The molecule has 0 amide bonds. The Bertz CT molecular complexity index is 368. The molecule has 0 unspecified atom stereocenters. The van der Waals surface area contributed by atoms with Gasteiger partial charge in [-0.05, 0) is 19.2 Å². The van der Waals surface area contributed by atoms with Gasteiger partial charge in [0.05, 0.1) is 17.3 Å². The lowest BCUT2D eigenvalue weighted by atomic mass is 10.3. The summed E-state index contributed by atoms with van der Waals surface area (Å²) in [6.45, 7) is -1.02. The highest BCUT2D eigenvalue weighted by molar-refractivity contribution is 6.32. The van der Waals surface area contributed by atoms with Gasteiger partial charge in [-0.15, -0.1) is 0 Å². The summed E-state index contributed by atoms with van der Waals surface area (Å²) in [6, 6.07) is 2.99. The minimum absolute atomic E-state index is 0.00109. The van der Waals surface area contributed by atoms with E-state index in [2.05, 4.69) is 4.98 Å². The maximum absolute atomic E-state index is 12.1. The molecule has 0 radical (unpaired) electrons. The van der Waals surface area contributed by atoms with Crippen LogP contribution in [0.3, 0.4) is 0 Å². The van der Waals surface area contributed by atoms with Crippen molar-refractivity contribution in [3.8, 4) is 0 Å². The molecule has 0 saturated heterocycles. The molecule has 0 saturated carbocycles. The van der Waals surface area contributed by atoms with Crippen LogP contribution in [0.2, 0.25) is 10.2 Å². The van der Waals surface area contributed by atoms with Crippen LogP contribution in [-0.2, 0) is 6.54 Å². The van der Waals surface area contributed by atoms with E-state index >= 15 is 0 Å². The molecule has 1 aromatic rings. The van der Waals surface area contributed by atoms with E-state index in [-0.39, 0.29) is 11.7 Å². The highest BCUT2D eigenvalue weighted by atomic mass is 35.5. The van der Waals surface area contributed by atoms with E-state index in [0.29, 0.717) is 10.7 Å². The van der Waals surface area contributed by atoms with E-state index in [4.69, 9.17) is 23.2 Å². The van der Waals surface area contributed by atoms with E-state index in [1.807, 2.05) is 0 Å². The quantitative estimate of drug-likeness (QED) is 0.785. The largest absolute Gasteiger partial charge is 0.401 e. The average Bonchev–Trinajstić information content (AvgIpc) is 2.08. The first-order chi connectivity index (χ1) is 7.28. The third-order valence-electron chi connectivity index (χ3n) is 1.75. The summed E-state index contributed by atoms with van der Waals surface area (Å²) in [5.74, 6) is 0. The van der Waals surface area contributed by atoms with Crippen molar-refractivity contribution < 1.29 is 13.2 Å². The minimum Gasteiger partial charge on any atom is -0.292 e. The molecule has 1 rings (SSSR count). The van der Waals surface area contributed by atoms with E-state index in [1.54, 1.807) is 0 Å². The molecule has 0 N–H and O–H groups in total. The highest BCUT2D eigenvalue weighted by Crippen LogP contribution is 2.20. The molecular formula is C9H9Cl2F3N2. The predicted molar refractivity (Wildman–Crippen MR) is 56.6 cm³/mol. The maximum Gasteiger partial charge on any atom is 0.401 e. The topological polar surface area (TPSA) is 16.1 Å². The van der Waals surface area contributed by atoms with Crippen molar-refractivity contribution in [2.24, 2.45) is 0 Å². The number of hydrogen-bond acceptors (Lipinski definition) is 2. The van der Waals surface area contributed by atoms with Gasteiger partial charge in [0.25, 0.3) is 0 Å². The van der Waals surface area contributed by atoms with Crippen LogP contribution in [0, 0.1) is 0 Å². The molecule has 16 heavy (non-hydrogen) atoms. The normalized spacial score (nSPS) is 12.2. The Balaban J connectivity index is 2.69. The molecule has 0 atom stereocenters. The summed E-state index contributed by atoms with van der Waals surface area (Å²) < 4.78 is 36.2. The molecule has 0 aliphatic rings. The first-order valence-electron chi connectivity index (χ1n) is 4.34. The molecule has 0 aliphatic heterocycles. The van der Waals surface area contributed by atoms with Gasteiger partial charge in [-0.25, -0.2) is 4.98 Å². The third-order valence-corrected chi connectivity index (χ3v) is 2.31. The molecular weight excluding hydrogens is 264 g/mol. The second-order valence-electron chi connectivity index (χ2n) is 3.35. The summed E-state index contributed by atoms with van der Waals surface area (Å²) in [7, 11) is 1.34. The first kappa shape index (κ1) is 13.5. The van der Waals surface area contributed by atoms with Gasteiger partial charge in [0, 0.05) is 6.54 Å². The van der Waals surface area contributed by atoms with Crippen molar-refractivity contribution in [2.75, 3.05) is 13.6 Å². The lowest BCUT2D eigenvalue weighted by molar-refractivity contribution is -0.144. The Morgan fingerprint density at radius 3 is 2.50 bits per heavy atom. The molecule has 1 aromatic heterocycles. The monoisotopic (exact) mass is 272 g/mol. The summed E-state index contributed by atoms with van der Waals surface area (Å²) >= 11 is 11.4. The number of nitrogens with zero attached hydrogens (tertiary/aromatic N) is 2. The zero-order chi connectivity index (χ0) is 12.3. The van der Waals surface area contributed by atoms with Crippen molar-refractivity contribution in [1.29, 1.82) is 0 Å². The van der Waals surface area contributed by atoms with Crippen LogP contribution < -0.4 is 0 Å². The zero-order valence-corrected chi connectivity index (χ0v) is 9.87. The molecule has 2 nitrogen and oxygen atoms in total. The van der Waals surface area contributed by atoms with E-state index < -0.39 is 12.7 Å². The van der Waals surface area contributed by atoms with Crippen LogP contribution in [0.15, 0.2) is 12.1 Å². The Kier molecular flexibility index (Phi) is 4.41. The molecule has 7 heteroatoms. The fraction of sp³-hybridized carbons (Fsp3) is 0.444. The molecule has 1 heterocycles. The van der Waals surface area contributed by atoms with Crippen LogP contribution in [0.4, 0.5) is 13.2 Å². The van der Waals surface area contributed by atoms with Crippen molar-refractivity contribution in [2.45, 2.75) is 12.7 Å². The number of alkyl halides is 3. The molecule has 0 aliphatic carbocycles. The standard InChI is InChI=1S/C9H9Cl2F3N2/c1-16(5-9(12,13)14)4-7-6(10)2-3-8(11)15-7/h2-3H,4-5H2,1H3. The molecule has 0 fully saturated rings. The summed E-state index contributed by atoms with van der Waals surface area (Å²) in [6.07, 6.45) is -4.24. The highest BCUT2D eigenvalue weighted by Gasteiger charge is 2.29. The lowest BCUT2D eigenvalue weighted by Gasteiger charge is -2.18. The van der Waals surface area contributed by atoms with E-state index in [0.717, 1.165) is 4.90 Å². The van der Waals surface area contributed by atoms with Gasteiger partial charge < -0.3 is 0 Å². The van der Waals surface area contributed by atoms with Crippen LogP contribution in [-0.4, -0.2) is 29.7 Å². The van der Waals surface area contributed by atoms with Gasteiger partial charge >= 0.3 is 6.18 Å². The second kappa shape index (κ2) is 5.21. The Labute approximate surface area is 101 Å². The van der Waals surface area contributed by atoms with Crippen molar-refractivity contribution in [1.82, 2.24) is 9.88 Å². The number of hydrogen-bond donors (Lipinski definition) is 0. The number of rotatable bonds is 3. The summed E-state index contributed by atoms with van der Waals surface area (Å²) in [4.78, 5) is 4.94. The van der Waals surface area contributed by atoms with Gasteiger partial charge in [0.2, 0.25) is 0 Å². The van der Waals surface area contributed by atoms with Gasteiger partial charge in [-0.1, -0.05) is 23.2 Å². The minimum atomic E-state index is -4.24. The van der Waals surface area contributed by atoms with Crippen LogP contribution in [0.5, 0.6) is 0 Å². The molecule has 0 aromatic carbocycles. The van der Waals surface area contributed by atoms with Crippen molar-refractivity contribution in [3.05, 3.63) is 28.0 Å². The number of pyridine rings is 1. The van der Waals surface area contributed by atoms with Gasteiger partial charge in [0.1, 0.15) is 5.15 Å². The summed E-state index contributed by atoms with van der Waals surface area (Å²) in [5, 5.41) is 0.512.